The molecule has 0 spiro atoms. The van der Waals surface area contributed by atoms with Gasteiger partial charge in [0.1, 0.15) is 11.5 Å². The molecule has 0 fully saturated rings. The highest BCUT2D eigenvalue weighted by atomic mass is 32.2. The first-order chi connectivity index (χ1) is 11.9. The maximum Gasteiger partial charge on any atom is 0.258 e. The molecule has 1 heterocycles. The minimum absolute atomic E-state index is 0.140. The molecule has 0 saturated heterocycles. The first-order valence-electron chi connectivity index (χ1n) is 7.95. The van der Waals surface area contributed by atoms with Gasteiger partial charge in [-0.05, 0) is 49.7 Å². The van der Waals surface area contributed by atoms with Gasteiger partial charge >= 0.3 is 0 Å². The van der Waals surface area contributed by atoms with Gasteiger partial charge in [-0.25, -0.2) is 13.1 Å². The number of carbonyl (C=O) groups is 1. The summed E-state index contributed by atoms with van der Waals surface area (Å²) in [5.74, 6) is 0.763. The molecular formula is C17H22N2O5S. The topological polar surface area (TPSA) is 97.6 Å². The van der Waals surface area contributed by atoms with Crippen LogP contribution in [0.3, 0.4) is 0 Å². The zero-order valence-electron chi connectivity index (χ0n) is 14.2. The molecule has 0 unspecified atom stereocenters. The van der Waals surface area contributed by atoms with E-state index in [1.807, 2.05) is 6.92 Å². The summed E-state index contributed by atoms with van der Waals surface area (Å²) in [6, 6.07) is 9.29. The second-order valence-corrected chi connectivity index (χ2v) is 7.26. The van der Waals surface area contributed by atoms with Crippen LogP contribution < -0.4 is 14.8 Å². The summed E-state index contributed by atoms with van der Waals surface area (Å²) in [7, 11) is -3.55. The van der Waals surface area contributed by atoms with Crippen molar-refractivity contribution < 1.29 is 22.4 Å². The summed E-state index contributed by atoms with van der Waals surface area (Å²) in [6.45, 7) is 3.82. The average molecular weight is 366 g/mol. The Morgan fingerprint density at radius 3 is 2.56 bits per heavy atom. The van der Waals surface area contributed by atoms with Crippen LogP contribution in [0.2, 0.25) is 0 Å². The van der Waals surface area contributed by atoms with E-state index in [0.29, 0.717) is 17.9 Å². The summed E-state index contributed by atoms with van der Waals surface area (Å²) < 4.78 is 37.3. The van der Waals surface area contributed by atoms with Gasteiger partial charge in [0, 0.05) is 6.04 Å². The van der Waals surface area contributed by atoms with Crippen molar-refractivity contribution in [2.75, 3.05) is 6.61 Å². The lowest BCUT2D eigenvalue weighted by Gasteiger charge is -2.12. The van der Waals surface area contributed by atoms with Crippen LogP contribution in [0.4, 0.5) is 0 Å². The number of furan rings is 1. The molecule has 2 rings (SSSR count). The molecule has 1 atom stereocenters. The lowest BCUT2D eigenvalue weighted by atomic mass is 10.3. The third kappa shape index (κ3) is 5.91. The molecule has 0 saturated carbocycles. The van der Waals surface area contributed by atoms with Crippen LogP contribution in [0.1, 0.15) is 26.0 Å². The Balaban J connectivity index is 1.84. The van der Waals surface area contributed by atoms with Gasteiger partial charge in [-0.3, -0.25) is 4.79 Å². The molecule has 2 N–H and O–H groups in total. The number of hydrogen-bond donors (Lipinski definition) is 2. The van der Waals surface area contributed by atoms with Crippen LogP contribution in [-0.4, -0.2) is 27.0 Å². The molecule has 2 aromatic rings. The predicted octanol–water partition coefficient (Wildman–Crippen LogP) is 2.05. The molecule has 7 nitrogen and oxygen atoms in total. The van der Waals surface area contributed by atoms with Crippen LogP contribution in [0.15, 0.2) is 52.0 Å². The molecule has 0 bridgehead atoms. The second-order valence-electron chi connectivity index (χ2n) is 5.55. The third-order valence-electron chi connectivity index (χ3n) is 3.51. The summed E-state index contributed by atoms with van der Waals surface area (Å²) in [6.07, 6.45) is 2.23. The van der Waals surface area contributed by atoms with Crippen molar-refractivity contribution in [2.45, 2.75) is 37.8 Å². The van der Waals surface area contributed by atoms with Crippen molar-refractivity contribution in [2.24, 2.45) is 0 Å². The van der Waals surface area contributed by atoms with Gasteiger partial charge in [-0.1, -0.05) is 6.92 Å². The van der Waals surface area contributed by atoms with E-state index in [1.54, 1.807) is 19.1 Å². The van der Waals surface area contributed by atoms with Crippen molar-refractivity contribution in [3.05, 3.63) is 48.4 Å². The van der Waals surface area contributed by atoms with Crippen LogP contribution in [0.5, 0.6) is 5.75 Å². The Bertz CT molecular complexity index is 770. The molecule has 0 aliphatic rings. The molecule has 0 radical (unpaired) electrons. The number of amides is 1. The Morgan fingerprint density at radius 1 is 1.24 bits per heavy atom. The molecular weight excluding hydrogens is 344 g/mol. The smallest absolute Gasteiger partial charge is 0.258 e. The molecule has 1 amide bonds. The summed E-state index contributed by atoms with van der Waals surface area (Å²) >= 11 is 0. The van der Waals surface area contributed by atoms with E-state index in [4.69, 9.17) is 9.15 Å². The summed E-state index contributed by atoms with van der Waals surface area (Å²) in [4.78, 5) is 11.9. The van der Waals surface area contributed by atoms with Crippen molar-refractivity contribution >= 4 is 15.9 Å². The fourth-order valence-corrected chi connectivity index (χ4v) is 3.26. The number of rotatable bonds is 9. The predicted molar refractivity (Wildman–Crippen MR) is 92.6 cm³/mol. The molecule has 1 aromatic carbocycles. The second kappa shape index (κ2) is 8.68. The Morgan fingerprint density at radius 2 is 1.96 bits per heavy atom. The van der Waals surface area contributed by atoms with Gasteiger partial charge in [0.2, 0.25) is 10.0 Å². The summed E-state index contributed by atoms with van der Waals surface area (Å²) in [5.41, 5.74) is 0. The summed E-state index contributed by atoms with van der Waals surface area (Å²) in [5, 5.41) is 2.66. The maximum absolute atomic E-state index is 12.2. The number of benzene rings is 1. The zero-order chi connectivity index (χ0) is 18.3. The van der Waals surface area contributed by atoms with Crippen molar-refractivity contribution in [3.8, 4) is 5.75 Å². The van der Waals surface area contributed by atoms with Gasteiger partial charge in [-0.15, -0.1) is 0 Å². The highest BCUT2D eigenvalue weighted by Gasteiger charge is 2.16. The molecule has 0 aliphatic carbocycles. The zero-order valence-corrected chi connectivity index (χ0v) is 15.0. The van der Waals surface area contributed by atoms with E-state index in [-0.39, 0.29) is 30.0 Å². The lowest BCUT2D eigenvalue weighted by molar-refractivity contribution is -0.123. The highest BCUT2D eigenvalue weighted by molar-refractivity contribution is 7.89. The minimum Gasteiger partial charge on any atom is -0.484 e. The largest absolute Gasteiger partial charge is 0.484 e. The van der Waals surface area contributed by atoms with Gasteiger partial charge in [0.25, 0.3) is 5.91 Å². The van der Waals surface area contributed by atoms with Crippen LogP contribution in [0.25, 0.3) is 0 Å². The quantitative estimate of drug-likeness (QED) is 0.708. The van der Waals surface area contributed by atoms with E-state index in [9.17, 15) is 13.2 Å². The highest BCUT2D eigenvalue weighted by Crippen LogP contribution is 2.16. The minimum atomic E-state index is -3.55. The molecule has 136 valence electrons. The van der Waals surface area contributed by atoms with Crippen LogP contribution >= 0.6 is 0 Å². The molecule has 25 heavy (non-hydrogen) atoms. The number of nitrogens with one attached hydrogen (secondary N) is 2. The maximum atomic E-state index is 12.2. The number of sulfonamides is 1. The molecule has 1 aromatic heterocycles. The number of carbonyl (C=O) groups excluding carboxylic acids is 1. The van der Waals surface area contributed by atoms with Crippen molar-refractivity contribution in [1.29, 1.82) is 0 Å². The van der Waals surface area contributed by atoms with Crippen molar-refractivity contribution in [3.63, 3.8) is 0 Å². The fourth-order valence-electron chi connectivity index (χ4n) is 1.93. The number of ether oxygens (including phenoxy) is 1. The molecule has 8 heteroatoms. The van der Waals surface area contributed by atoms with E-state index in [1.165, 1.54) is 30.5 Å². The van der Waals surface area contributed by atoms with E-state index in [2.05, 4.69) is 10.0 Å². The monoisotopic (exact) mass is 366 g/mol. The Kier molecular flexibility index (Phi) is 6.60. The first-order valence-corrected chi connectivity index (χ1v) is 9.43. The lowest BCUT2D eigenvalue weighted by Crippen LogP contribution is -2.32. The average Bonchev–Trinajstić information content (AvgIpc) is 3.11. The van der Waals surface area contributed by atoms with Crippen molar-refractivity contribution in [1.82, 2.24) is 10.0 Å². The first kappa shape index (κ1) is 19.0. The van der Waals surface area contributed by atoms with E-state index >= 15 is 0 Å². The normalized spacial score (nSPS) is 12.6. The van der Waals surface area contributed by atoms with Crippen LogP contribution in [-0.2, 0) is 21.4 Å². The van der Waals surface area contributed by atoms with Gasteiger partial charge < -0.3 is 14.5 Å². The molecule has 0 aliphatic heterocycles. The van der Waals surface area contributed by atoms with Gasteiger partial charge in [-0.2, -0.15) is 0 Å². The Hall–Kier alpha value is -2.32. The van der Waals surface area contributed by atoms with E-state index in [0.717, 1.165) is 0 Å². The van der Waals surface area contributed by atoms with Crippen LogP contribution in [0, 0.1) is 0 Å². The van der Waals surface area contributed by atoms with Gasteiger partial charge in [0.15, 0.2) is 6.61 Å². The van der Waals surface area contributed by atoms with E-state index < -0.39 is 10.0 Å². The standard InChI is InChI=1S/C17H22N2O5S/c1-3-13(2)19-25(21,22)16-8-6-14(7-9-16)24-12-17(20)18-11-15-5-4-10-23-15/h4-10,13,19H,3,11-12H2,1-2H3,(H,18,20)/t13-/m1/s1. The third-order valence-corrected chi connectivity index (χ3v) is 5.12. The SMILES string of the molecule is CC[C@@H](C)NS(=O)(=O)c1ccc(OCC(=O)NCc2ccco2)cc1. The fraction of sp³-hybridized carbons (Fsp3) is 0.353. The Labute approximate surface area is 147 Å². The van der Waals surface area contributed by atoms with Gasteiger partial charge in [0.05, 0.1) is 17.7 Å². The number of hydrogen-bond acceptors (Lipinski definition) is 5.